The summed E-state index contributed by atoms with van der Waals surface area (Å²) in [5.41, 5.74) is -0.636. The zero-order chi connectivity index (χ0) is 14.4. The van der Waals surface area contributed by atoms with Gasteiger partial charge in [-0.05, 0) is 12.8 Å². The maximum atomic E-state index is 12.8. The van der Waals surface area contributed by atoms with Gasteiger partial charge in [-0.15, -0.1) is 0 Å². The number of carbonyl (C=O) groups is 2. The molecule has 3 heterocycles. The van der Waals surface area contributed by atoms with Gasteiger partial charge in [0.05, 0.1) is 32.5 Å². The van der Waals surface area contributed by atoms with Crippen molar-refractivity contribution in [2.24, 2.45) is 0 Å². The van der Waals surface area contributed by atoms with Gasteiger partial charge in [-0.2, -0.15) is 0 Å². The Labute approximate surface area is 123 Å². The zero-order valence-electron chi connectivity index (χ0n) is 12.0. The van der Waals surface area contributed by atoms with Gasteiger partial charge in [0, 0.05) is 0 Å². The van der Waals surface area contributed by atoms with Gasteiger partial charge in [-0.1, -0.05) is 12.8 Å². The first-order valence-corrected chi connectivity index (χ1v) is 7.65. The zero-order valence-corrected chi connectivity index (χ0v) is 12.0. The van der Waals surface area contributed by atoms with E-state index in [2.05, 4.69) is 0 Å². The molecule has 3 amide bonds. The highest BCUT2D eigenvalue weighted by molar-refractivity contribution is 6.07. The summed E-state index contributed by atoms with van der Waals surface area (Å²) in [7, 11) is 0. The lowest BCUT2D eigenvalue weighted by molar-refractivity contribution is -0.136. The van der Waals surface area contributed by atoms with Gasteiger partial charge in [-0.3, -0.25) is 4.79 Å². The lowest BCUT2D eigenvalue weighted by Gasteiger charge is -2.30. The number of hydrogen-bond acceptors (Lipinski definition) is 5. The van der Waals surface area contributed by atoms with Crippen molar-refractivity contribution in [3.8, 4) is 0 Å². The molecular formula is C14H20N2O5. The molecule has 4 aliphatic rings. The molecule has 1 aliphatic carbocycles. The molecular weight excluding hydrogens is 276 g/mol. The molecule has 1 saturated carbocycles. The second-order valence-electron chi connectivity index (χ2n) is 6.28. The molecule has 7 nitrogen and oxygen atoms in total. The van der Waals surface area contributed by atoms with Crippen molar-refractivity contribution in [1.82, 2.24) is 9.80 Å². The number of carbonyl (C=O) groups excluding carboxylic acids is 2. The standard InChI is InChI=1S/C14H20N2O5/c17-12-14(3-1-2-4-14)16(5-10-7-20-10)13(18)15(12)9-19-6-11-8-21-11/h10-11H,1-9H2. The van der Waals surface area contributed by atoms with Crippen LogP contribution in [-0.4, -0.2) is 72.6 Å². The number of amides is 3. The van der Waals surface area contributed by atoms with E-state index in [1.54, 1.807) is 4.90 Å². The Morgan fingerprint density at radius 1 is 1.14 bits per heavy atom. The topological polar surface area (TPSA) is 74.9 Å². The van der Waals surface area contributed by atoms with Crippen LogP contribution < -0.4 is 0 Å². The number of nitrogens with zero attached hydrogens (tertiary/aromatic N) is 2. The second kappa shape index (κ2) is 4.93. The van der Waals surface area contributed by atoms with Crippen LogP contribution in [0.2, 0.25) is 0 Å². The second-order valence-corrected chi connectivity index (χ2v) is 6.28. The van der Waals surface area contributed by atoms with Gasteiger partial charge < -0.3 is 19.1 Å². The summed E-state index contributed by atoms with van der Waals surface area (Å²) in [5, 5.41) is 0. The smallest absolute Gasteiger partial charge is 0.329 e. The summed E-state index contributed by atoms with van der Waals surface area (Å²) >= 11 is 0. The van der Waals surface area contributed by atoms with E-state index in [-0.39, 0.29) is 30.9 Å². The minimum absolute atomic E-state index is 0.0291. The van der Waals surface area contributed by atoms with Crippen LogP contribution >= 0.6 is 0 Å². The average Bonchev–Trinajstić information content (AvgIpc) is 3.40. The van der Waals surface area contributed by atoms with E-state index in [1.165, 1.54) is 4.90 Å². The molecule has 0 aromatic carbocycles. The fourth-order valence-corrected chi connectivity index (χ4v) is 3.41. The molecule has 1 spiro atoms. The number of rotatable bonds is 6. The van der Waals surface area contributed by atoms with Gasteiger partial charge in [0.25, 0.3) is 5.91 Å². The summed E-state index contributed by atoms with van der Waals surface area (Å²) in [6.45, 7) is 2.38. The third-order valence-corrected chi connectivity index (χ3v) is 4.77. The molecule has 7 heteroatoms. The Bertz CT molecular complexity index is 454. The molecule has 0 aromatic heterocycles. The summed E-state index contributed by atoms with van der Waals surface area (Å²) < 4.78 is 15.8. The van der Waals surface area contributed by atoms with Gasteiger partial charge in [-0.25, -0.2) is 9.69 Å². The molecule has 4 rings (SSSR count). The first-order chi connectivity index (χ1) is 10.2. The van der Waals surface area contributed by atoms with Crippen molar-refractivity contribution >= 4 is 11.9 Å². The van der Waals surface area contributed by atoms with Crippen molar-refractivity contribution in [1.29, 1.82) is 0 Å². The number of imide groups is 1. The van der Waals surface area contributed by atoms with E-state index in [4.69, 9.17) is 14.2 Å². The fraction of sp³-hybridized carbons (Fsp3) is 0.857. The van der Waals surface area contributed by atoms with E-state index in [0.29, 0.717) is 26.4 Å². The summed E-state index contributed by atoms with van der Waals surface area (Å²) in [5.74, 6) is -0.0950. The third-order valence-electron chi connectivity index (χ3n) is 4.77. The van der Waals surface area contributed by atoms with E-state index in [9.17, 15) is 9.59 Å². The first kappa shape index (κ1) is 13.5. The average molecular weight is 296 g/mol. The molecule has 0 radical (unpaired) electrons. The van der Waals surface area contributed by atoms with E-state index in [1.807, 2.05) is 0 Å². The van der Waals surface area contributed by atoms with Crippen LogP contribution in [0.3, 0.4) is 0 Å². The highest BCUT2D eigenvalue weighted by Gasteiger charge is 2.59. The summed E-state index contributed by atoms with van der Waals surface area (Å²) in [6.07, 6.45) is 3.73. The number of ether oxygens (including phenoxy) is 3. The van der Waals surface area contributed by atoms with Crippen LogP contribution in [-0.2, 0) is 19.0 Å². The molecule has 3 aliphatic heterocycles. The Hall–Kier alpha value is -1.18. The largest absolute Gasteiger partial charge is 0.371 e. The number of epoxide rings is 2. The van der Waals surface area contributed by atoms with E-state index < -0.39 is 5.54 Å². The van der Waals surface area contributed by atoms with Crippen LogP contribution in [0.5, 0.6) is 0 Å². The highest BCUT2D eigenvalue weighted by atomic mass is 16.6. The van der Waals surface area contributed by atoms with Crippen molar-refractivity contribution in [3.63, 3.8) is 0 Å². The summed E-state index contributed by atoms with van der Waals surface area (Å²) in [4.78, 5) is 28.3. The van der Waals surface area contributed by atoms with Crippen molar-refractivity contribution in [2.75, 3.05) is 33.1 Å². The first-order valence-electron chi connectivity index (χ1n) is 7.65. The van der Waals surface area contributed by atoms with E-state index >= 15 is 0 Å². The van der Waals surface area contributed by atoms with Crippen LogP contribution in [0.25, 0.3) is 0 Å². The van der Waals surface area contributed by atoms with Crippen molar-refractivity contribution < 1.29 is 23.8 Å². The molecule has 21 heavy (non-hydrogen) atoms. The number of urea groups is 1. The molecule has 4 fully saturated rings. The van der Waals surface area contributed by atoms with Gasteiger partial charge in [0.1, 0.15) is 18.4 Å². The Morgan fingerprint density at radius 3 is 2.43 bits per heavy atom. The fourth-order valence-electron chi connectivity index (χ4n) is 3.41. The predicted octanol–water partition coefficient (Wildman–Crippen LogP) is 0.335. The Morgan fingerprint density at radius 2 is 1.81 bits per heavy atom. The van der Waals surface area contributed by atoms with E-state index in [0.717, 1.165) is 25.7 Å². The lowest BCUT2D eigenvalue weighted by atomic mass is 9.95. The van der Waals surface area contributed by atoms with Crippen LogP contribution in [0.1, 0.15) is 25.7 Å². The third kappa shape index (κ3) is 2.33. The predicted molar refractivity (Wildman–Crippen MR) is 70.4 cm³/mol. The molecule has 0 bridgehead atoms. The molecule has 3 saturated heterocycles. The quantitative estimate of drug-likeness (QED) is 0.522. The number of hydrogen-bond donors (Lipinski definition) is 0. The van der Waals surface area contributed by atoms with Gasteiger partial charge >= 0.3 is 6.03 Å². The Balaban J connectivity index is 1.48. The van der Waals surface area contributed by atoms with Crippen LogP contribution in [0.15, 0.2) is 0 Å². The molecule has 116 valence electrons. The summed E-state index contributed by atoms with van der Waals surface area (Å²) in [6, 6.07) is -0.228. The maximum Gasteiger partial charge on any atom is 0.329 e. The van der Waals surface area contributed by atoms with Crippen LogP contribution in [0, 0.1) is 0 Å². The molecule has 2 atom stereocenters. The minimum Gasteiger partial charge on any atom is -0.371 e. The maximum absolute atomic E-state index is 12.8. The Kier molecular flexibility index (Phi) is 3.16. The SMILES string of the molecule is O=C1N(COCC2CO2)C(=O)C2(CCCC2)N1CC1CO1. The van der Waals surface area contributed by atoms with Gasteiger partial charge in [0.2, 0.25) is 0 Å². The highest BCUT2D eigenvalue weighted by Crippen LogP contribution is 2.42. The van der Waals surface area contributed by atoms with Crippen molar-refractivity contribution in [3.05, 3.63) is 0 Å². The minimum atomic E-state index is -0.636. The van der Waals surface area contributed by atoms with Crippen LogP contribution in [0.4, 0.5) is 4.79 Å². The monoisotopic (exact) mass is 296 g/mol. The molecule has 2 unspecified atom stereocenters. The molecule has 0 aromatic rings. The molecule has 0 N–H and O–H groups in total. The lowest BCUT2D eigenvalue weighted by Crippen LogP contribution is -2.48. The normalized spacial score (nSPS) is 33.3. The van der Waals surface area contributed by atoms with Crippen molar-refractivity contribution in [2.45, 2.75) is 43.4 Å². The van der Waals surface area contributed by atoms with Gasteiger partial charge in [0.15, 0.2) is 0 Å².